The summed E-state index contributed by atoms with van der Waals surface area (Å²) in [5.74, 6) is -1.85. The summed E-state index contributed by atoms with van der Waals surface area (Å²) in [7, 11) is 0. The molecule has 210 valence electrons. The Morgan fingerprint density at radius 2 is 1.18 bits per heavy atom. The van der Waals surface area contributed by atoms with Crippen molar-refractivity contribution >= 4 is 0 Å². The first-order chi connectivity index (χ1) is 18.4. The molecule has 0 bridgehead atoms. The lowest BCUT2D eigenvalue weighted by molar-refractivity contribution is 0.294. The van der Waals surface area contributed by atoms with Gasteiger partial charge in [-0.15, -0.1) is 0 Å². The van der Waals surface area contributed by atoms with E-state index in [0.29, 0.717) is 29.0 Å². The number of hydrogen-bond donors (Lipinski definition) is 0. The van der Waals surface area contributed by atoms with Crippen LogP contribution in [-0.2, 0) is 6.42 Å². The molecular weight excluding hydrogens is 488 g/mol. The Morgan fingerprint density at radius 3 is 1.76 bits per heavy atom. The maximum Gasteiger partial charge on any atom is 0.200 e. The molecular formula is C33H44F4O. The van der Waals surface area contributed by atoms with Gasteiger partial charge in [0.25, 0.3) is 0 Å². The Kier molecular flexibility index (Phi) is 10.6. The predicted molar refractivity (Wildman–Crippen MR) is 146 cm³/mol. The van der Waals surface area contributed by atoms with Gasteiger partial charge in [0.1, 0.15) is 0 Å². The highest BCUT2D eigenvalue weighted by atomic mass is 19.2. The van der Waals surface area contributed by atoms with Gasteiger partial charge in [0.2, 0.25) is 5.82 Å². The summed E-state index contributed by atoms with van der Waals surface area (Å²) in [5, 5.41) is 0. The molecule has 0 radical (unpaired) electrons. The van der Waals surface area contributed by atoms with Gasteiger partial charge in [0.05, 0.1) is 6.61 Å². The fourth-order valence-electron chi connectivity index (χ4n) is 6.81. The minimum atomic E-state index is -0.910. The molecule has 1 nitrogen and oxygen atoms in total. The molecule has 4 rings (SSSR count). The molecule has 0 aromatic heterocycles. The SMILES string of the molecule is CCCCCC1CCC(c2ccc(CCC3CCC(c4ccc(OCC)c(F)c4F)CC3)c(F)c2F)CC1. The number of hydrogen-bond acceptors (Lipinski definition) is 1. The van der Waals surface area contributed by atoms with E-state index in [-0.39, 0.29) is 24.2 Å². The van der Waals surface area contributed by atoms with E-state index >= 15 is 8.78 Å². The van der Waals surface area contributed by atoms with Gasteiger partial charge in [-0.05, 0) is 118 Å². The average Bonchev–Trinajstić information content (AvgIpc) is 2.93. The van der Waals surface area contributed by atoms with Crippen LogP contribution in [0.2, 0.25) is 0 Å². The second-order valence-corrected chi connectivity index (χ2v) is 11.6. The lowest BCUT2D eigenvalue weighted by atomic mass is 9.76. The lowest BCUT2D eigenvalue weighted by Crippen LogP contribution is -2.16. The normalized spacial score (nSPS) is 23.9. The first kappa shape index (κ1) is 29.0. The summed E-state index contributed by atoms with van der Waals surface area (Å²) in [6, 6.07) is 6.79. The summed E-state index contributed by atoms with van der Waals surface area (Å²) in [4.78, 5) is 0. The van der Waals surface area contributed by atoms with Crippen LogP contribution in [0.25, 0.3) is 0 Å². The number of aryl methyl sites for hydroxylation is 1. The number of rotatable bonds is 11. The van der Waals surface area contributed by atoms with Gasteiger partial charge in [-0.3, -0.25) is 0 Å². The van der Waals surface area contributed by atoms with E-state index < -0.39 is 23.3 Å². The van der Waals surface area contributed by atoms with Crippen LogP contribution in [0.1, 0.15) is 126 Å². The smallest absolute Gasteiger partial charge is 0.200 e. The van der Waals surface area contributed by atoms with Crippen LogP contribution in [0.5, 0.6) is 5.75 Å². The molecule has 2 aromatic rings. The van der Waals surface area contributed by atoms with Crippen LogP contribution >= 0.6 is 0 Å². The molecule has 0 saturated heterocycles. The predicted octanol–water partition coefficient (Wildman–Crippen LogP) is 10.4. The minimum absolute atomic E-state index is 0.0216. The van der Waals surface area contributed by atoms with Gasteiger partial charge in [-0.2, -0.15) is 4.39 Å². The van der Waals surface area contributed by atoms with Gasteiger partial charge in [-0.25, -0.2) is 13.2 Å². The molecule has 0 N–H and O–H groups in total. The Morgan fingerprint density at radius 1 is 0.632 bits per heavy atom. The molecule has 0 aliphatic heterocycles. The summed E-state index contributed by atoms with van der Waals surface area (Å²) < 4.78 is 64.2. The van der Waals surface area contributed by atoms with E-state index in [1.165, 1.54) is 31.7 Å². The number of ether oxygens (including phenoxy) is 1. The van der Waals surface area contributed by atoms with E-state index in [2.05, 4.69) is 6.92 Å². The van der Waals surface area contributed by atoms with Crippen molar-refractivity contribution in [3.8, 4) is 5.75 Å². The van der Waals surface area contributed by atoms with Gasteiger partial charge < -0.3 is 4.74 Å². The molecule has 0 unspecified atom stereocenters. The van der Waals surface area contributed by atoms with Crippen molar-refractivity contribution in [1.29, 1.82) is 0 Å². The van der Waals surface area contributed by atoms with Crippen molar-refractivity contribution < 1.29 is 22.3 Å². The van der Waals surface area contributed by atoms with Crippen molar-refractivity contribution in [1.82, 2.24) is 0 Å². The zero-order valence-electron chi connectivity index (χ0n) is 23.1. The van der Waals surface area contributed by atoms with Gasteiger partial charge in [0, 0.05) is 0 Å². The monoisotopic (exact) mass is 532 g/mol. The summed E-state index contributed by atoms with van der Waals surface area (Å²) >= 11 is 0. The van der Waals surface area contributed by atoms with Crippen LogP contribution in [0.15, 0.2) is 24.3 Å². The Hall–Kier alpha value is -2.04. The third kappa shape index (κ3) is 6.93. The summed E-state index contributed by atoms with van der Waals surface area (Å²) in [6.45, 7) is 4.24. The van der Waals surface area contributed by atoms with Gasteiger partial charge in [0.15, 0.2) is 23.2 Å². The maximum atomic E-state index is 15.1. The van der Waals surface area contributed by atoms with Crippen LogP contribution in [0.4, 0.5) is 17.6 Å². The van der Waals surface area contributed by atoms with E-state index in [1.807, 2.05) is 6.07 Å². The van der Waals surface area contributed by atoms with Crippen LogP contribution in [0, 0.1) is 35.1 Å². The lowest BCUT2D eigenvalue weighted by Gasteiger charge is -2.30. The average molecular weight is 533 g/mol. The molecule has 2 aliphatic carbocycles. The highest BCUT2D eigenvalue weighted by molar-refractivity contribution is 5.33. The van der Waals surface area contributed by atoms with Gasteiger partial charge >= 0.3 is 0 Å². The maximum absolute atomic E-state index is 15.1. The first-order valence-electron chi connectivity index (χ1n) is 15.0. The van der Waals surface area contributed by atoms with Crippen molar-refractivity contribution in [2.45, 2.75) is 116 Å². The quantitative estimate of drug-likeness (QED) is 0.207. The second kappa shape index (κ2) is 13.8. The van der Waals surface area contributed by atoms with E-state index in [9.17, 15) is 8.78 Å². The van der Waals surface area contributed by atoms with Crippen molar-refractivity contribution in [2.75, 3.05) is 6.61 Å². The van der Waals surface area contributed by atoms with Crippen molar-refractivity contribution in [3.05, 3.63) is 64.2 Å². The van der Waals surface area contributed by atoms with E-state index in [1.54, 1.807) is 19.1 Å². The molecule has 2 aliphatic rings. The van der Waals surface area contributed by atoms with Crippen LogP contribution < -0.4 is 4.74 Å². The molecule has 0 amide bonds. The topological polar surface area (TPSA) is 9.23 Å². The second-order valence-electron chi connectivity index (χ2n) is 11.6. The van der Waals surface area contributed by atoms with Crippen molar-refractivity contribution in [3.63, 3.8) is 0 Å². The highest BCUT2D eigenvalue weighted by Gasteiger charge is 2.28. The fourth-order valence-corrected chi connectivity index (χ4v) is 6.81. The molecule has 2 aromatic carbocycles. The van der Waals surface area contributed by atoms with E-state index in [0.717, 1.165) is 63.7 Å². The fraction of sp³-hybridized carbons (Fsp3) is 0.636. The van der Waals surface area contributed by atoms with Crippen LogP contribution in [0.3, 0.4) is 0 Å². The summed E-state index contributed by atoms with van der Waals surface area (Å²) in [5.41, 5.74) is 1.44. The molecule has 2 fully saturated rings. The molecule has 0 heterocycles. The minimum Gasteiger partial charge on any atom is -0.491 e. The Balaban J connectivity index is 1.27. The zero-order valence-corrected chi connectivity index (χ0v) is 23.1. The number of benzene rings is 2. The number of unbranched alkanes of at least 4 members (excludes halogenated alkanes) is 2. The Bertz CT molecular complexity index is 1040. The highest BCUT2D eigenvalue weighted by Crippen LogP contribution is 2.41. The largest absolute Gasteiger partial charge is 0.491 e. The van der Waals surface area contributed by atoms with Crippen molar-refractivity contribution in [2.24, 2.45) is 11.8 Å². The third-order valence-electron chi connectivity index (χ3n) is 9.18. The number of halogens is 4. The first-order valence-corrected chi connectivity index (χ1v) is 15.0. The van der Waals surface area contributed by atoms with E-state index in [4.69, 9.17) is 4.74 Å². The molecule has 0 spiro atoms. The molecule has 38 heavy (non-hydrogen) atoms. The van der Waals surface area contributed by atoms with Gasteiger partial charge in [-0.1, -0.05) is 50.8 Å². The Labute approximate surface area is 226 Å². The zero-order chi connectivity index (χ0) is 27.1. The molecule has 2 saturated carbocycles. The van der Waals surface area contributed by atoms with Crippen LogP contribution in [-0.4, -0.2) is 6.61 Å². The molecule has 5 heteroatoms. The molecule has 0 atom stereocenters. The third-order valence-corrected chi connectivity index (χ3v) is 9.18. The standard InChI is InChI=1S/C33H44F4O/c1-3-5-6-7-22-8-13-24(14-9-22)27-19-18-26(30(34)31(27)35)17-12-23-10-15-25(16-11-23)28-20-21-29(38-4-2)33(37)32(28)36/h18-25H,3-17H2,1-2H3. The summed E-state index contributed by atoms with van der Waals surface area (Å²) in [6.07, 6.45) is 13.8.